The first-order valence-corrected chi connectivity index (χ1v) is 19.6. The molecule has 3 aliphatic rings. The first kappa shape index (κ1) is 36.7. The second-order valence-electron chi connectivity index (χ2n) is 14.4. The molecule has 1 N–H and O–H groups in total. The predicted molar refractivity (Wildman–Crippen MR) is 205 cm³/mol. The number of fused-ring (bicyclic) bond motifs is 1. The highest BCUT2D eigenvalue weighted by Gasteiger charge is 2.45. The molecule has 0 atom stereocenters. The molecule has 8 rings (SSSR count). The molecule has 1 saturated heterocycles. The lowest BCUT2D eigenvalue weighted by Crippen LogP contribution is -2.40. The molecular formula is C44H39F4N3O3S. The number of aromatic nitrogens is 1. The molecule has 2 aliphatic heterocycles. The van der Waals surface area contributed by atoms with E-state index in [-0.39, 0.29) is 23.5 Å². The van der Waals surface area contributed by atoms with Crippen LogP contribution in [-0.2, 0) is 6.18 Å². The van der Waals surface area contributed by atoms with Gasteiger partial charge in [-0.15, -0.1) is 11.3 Å². The van der Waals surface area contributed by atoms with Crippen LogP contribution in [0.15, 0.2) is 108 Å². The second-order valence-corrected chi connectivity index (χ2v) is 15.3. The van der Waals surface area contributed by atoms with Gasteiger partial charge in [0.1, 0.15) is 22.9 Å². The minimum absolute atomic E-state index is 0.0888. The Morgan fingerprint density at radius 2 is 1.51 bits per heavy atom. The van der Waals surface area contributed by atoms with E-state index in [1.54, 1.807) is 34.5 Å². The van der Waals surface area contributed by atoms with Gasteiger partial charge in [-0.3, -0.25) is 9.59 Å². The Balaban J connectivity index is 0.921. The summed E-state index contributed by atoms with van der Waals surface area (Å²) < 4.78 is 60.2. The van der Waals surface area contributed by atoms with Crippen molar-refractivity contribution >= 4 is 28.7 Å². The number of piperidine rings is 1. The van der Waals surface area contributed by atoms with Gasteiger partial charge >= 0.3 is 6.18 Å². The first-order chi connectivity index (χ1) is 26.6. The summed E-state index contributed by atoms with van der Waals surface area (Å²) in [5.74, 6) is 0.195. The molecule has 0 radical (unpaired) electrons. The van der Waals surface area contributed by atoms with Gasteiger partial charge in [0, 0.05) is 42.1 Å². The normalized spacial score (nSPS) is 16.9. The number of alkyl halides is 3. The van der Waals surface area contributed by atoms with Gasteiger partial charge in [-0.2, -0.15) is 13.2 Å². The number of nitrogens with zero attached hydrogens (tertiary/aromatic N) is 2. The maximum atomic E-state index is 14.0. The summed E-state index contributed by atoms with van der Waals surface area (Å²) >= 11 is 1.45. The Morgan fingerprint density at radius 3 is 2.22 bits per heavy atom. The van der Waals surface area contributed by atoms with Crippen LogP contribution in [0.3, 0.4) is 0 Å². The van der Waals surface area contributed by atoms with Crippen LogP contribution in [0.2, 0.25) is 0 Å². The summed E-state index contributed by atoms with van der Waals surface area (Å²) in [4.78, 5) is 33.6. The fraction of sp³-hybridized carbons (Fsp3) is 0.295. The quantitative estimate of drug-likeness (QED) is 0.160. The van der Waals surface area contributed by atoms with Gasteiger partial charge in [0.25, 0.3) is 11.8 Å². The van der Waals surface area contributed by atoms with E-state index in [0.29, 0.717) is 61.3 Å². The van der Waals surface area contributed by atoms with E-state index < -0.39 is 17.3 Å². The van der Waals surface area contributed by atoms with Crippen LogP contribution in [0.1, 0.15) is 93.4 Å². The minimum atomic E-state index is -4.44. The number of hydrogen-bond donors (Lipinski definition) is 1. The molecule has 5 aromatic rings. The van der Waals surface area contributed by atoms with Crippen molar-refractivity contribution in [3.05, 3.63) is 147 Å². The average Bonchev–Trinajstić information content (AvgIpc) is 3.89. The maximum absolute atomic E-state index is 14.0. The molecule has 6 nitrogen and oxygen atoms in total. The molecule has 4 aromatic carbocycles. The molecule has 55 heavy (non-hydrogen) atoms. The van der Waals surface area contributed by atoms with Crippen molar-refractivity contribution in [2.75, 3.05) is 19.6 Å². The molecule has 1 spiro atoms. The highest BCUT2D eigenvalue weighted by Crippen LogP contribution is 2.51. The fourth-order valence-corrected chi connectivity index (χ4v) is 9.28. The van der Waals surface area contributed by atoms with Gasteiger partial charge in [-0.1, -0.05) is 60.7 Å². The number of benzene rings is 4. The van der Waals surface area contributed by atoms with Crippen molar-refractivity contribution in [2.45, 2.75) is 62.6 Å². The van der Waals surface area contributed by atoms with E-state index in [1.807, 2.05) is 36.4 Å². The Bertz CT molecular complexity index is 2230. The van der Waals surface area contributed by atoms with Gasteiger partial charge in [0.05, 0.1) is 10.6 Å². The monoisotopic (exact) mass is 765 g/mol. The Labute approximate surface area is 320 Å². The number of thiazole rings is 1. The molecule has 2 fully saturated rings. The topological polar surface area (TPSA) is 71.5 Å². The van der Waals surface area contributed by atoms with Crippen LogP contribution in [0, 0.1) is 5.82 Å². The smallest absolute Gasteiger partial charge is 0.416 e. The summed E-state index contributed by atoms with van der Waals surface area (Å²) in [5, 5.41) is 5.72. The zero-order chi connectivity index (χ0) is 38.2. The summed E-state index contributed by atoms with van der Waals surface area (Å²) in [6.45, 7) is 1.36. The number of ether oxygens (including phenoxy) is 1. The Morgan fingerprint density at radius 1 is 0.855 bits per heavy atom. The van der Waals surface area contributed by atoms with Crippen LogP contribution in [0.4, 0.5) is 17.6 Å². The van der Waals surface area contributed by atoms with Crippen LogP contribution < -0.4 is 10.1 Å². The van der Waals surface area contributed by atoms with E-state index in [0.717, 1.165) is 70.8 Å². The lowest BCUT2D eigenvalue weighted by molar-refractivity contribution is -0.137. The SMILES string of the molecule is O=C(NCCC1=C(c2ccc(F)cc2)c2ccccc2OC12CCCC2)c1csc(C2CCN(C(=O)c3ccccc3-c3ccc(C(F)(F)F)cc3)CC2)n1. The molecule has 11 heteroatoms. The molecule has 0 unspecified atom stereocenters. The summed E-state index contributed by atoms with van der Waals surface area (Å²) in [5.41, 5.74) is 4.77. The third-order valence-electron chi connectivity index (χ3n) is 11.1. The average molecular weight is 766 g/mol. The molecule has 282 valence electrons. The van der Waals surface area contributed by atoms with Crippen LogP contribution in [0.5, 0.6) is 5.75 Å². The highest BCUT2D eigenvalue weighted by molar-refractivity contribution is 7.09. The number of amides is 2. The third kappa shape index (κ3) is 7.42. The van der Waals surface area contributed by atoms with Crippen LogP contribution in [-0.4, -0.2) is 46.9 Å². The number of carbonyl (C=O) groups excluding carboxylic acids is 2. The molecule has 1 saturated carbocycles. The van der Waals surface area contributed by atoms with Gasteiger partial charge < -0.3 is 15.0 Å². The highest BCUT2D eigenvalue weighted by atomic mass is 32.1. The number of nitrogens with one attached hydrogen (secondary N) is 1. The molecule has 1 aromatic heterocycles. The van der Waals surface area contributed by atoms with E-state index >= 15 is 0 Å². The second kappa shape index (κ2) is 15.1. The first-order valence-electron chi connectivity index (χ1n) is 18.7. The third-order valence-corrected chi connectivity index (χ3v) is 12.1. The molecular weight excluding hydrogens is 727 g/mol. The van der Waals surface area contributed by atoms with E-state index in [1.165, 1.54) is 35.6 Å². The predicted octanol–water partition coefficient (Wildman–Crippen LogP) is 10.3. The number of hydrogen-bond acceptors (Lipinski definition) is 5. The van der Waals surface area contributed by atoms with E-state index in [9.17, 15) is 27.2 Å². The number of halogens is 4. The van der Waals surface area contributed by atoms with Crippen LogP contribution in [0.25, 0.3) is 16.7 Å². The van der Waals surface area contributed by atoms with Crippen molar-refractivity contribution < 1.29 is 31.9 Å². The van der Waals surface area contributed by atoms with Crippen molar-refractivity contribution in [2.24, 2.45) is 0 Å². The summed E-state index contributed by atoms with van der Waals surface area (Å²) in [7, 11) is 0. The molecule has 0 bridgehead atoms. The Kier molecular flexibility index (Phi) is 10.1. The largest absolute Gasteiger partial charge is 0.482 e. The fourth-order valence-electron chi connectivity index (χ4n) is 8.30. The van der Waals surface area contributed by atoms with E-state index in [2.05, 4.69) is 5.32 Å². The molecule has 2 amide bonds. The lowest BCUT2D eigenvalue weighted by atomic mass is 9.78. The molecule has 1 aliphatic carbocycles. The van der Waals surface area contributed by atoms with Gasteiger partial charge in [-0.25, -0.2) is 9.37 Å². The number of rotatable bonds is 8. The van der Waals surface area contributed by atoms with Gasteiger partial charge in [0.15, 0.2) is 0 Å². The van der Waals surface area contributed by atoms with Crippen molar-refractivity contribution in [1.29, 1.82) is 0 Å². The summed E-state index contributed by atoms with van der Waals surface area (Å²) in [6, 6.07) is 26.4. The Hall–Kier alpha value is -5.29. The van der Waals surface area contributed by atoms with E-state index in [4.69, 9.17) is 9.72 Å². The zero-order valence-electron chi connectivity index (χ0n) is 30.0. The summed E-state index contributed by atoms with van der Waals surface area (Å²) in [6.07, 6.45) is 1.31. The standard InChI is InChI=1S/C44H39F4N3O3S/c45-32-17-13-29(14-18-32)39-35-9-3-4-10-38(35)54-43(22-5-6-23-43)36(39)19-24-49-40(52)37-27-55-41(50-37)30-20-25-51(26-21-30)42(53)34-8-2-1-7-33(34)28-11-15-31(16-12-28)44(46,47)48/h1-4,7-18,27,30H,5-6,19-26H2,(H,49,52). The van der Waals surface area contributed by atoms with Crippen molar-refractivity contribution in [3.8, 4) is 16.9 Å². The number of carbonyl (C=O) groups is 2. The number of para-hydroxylation sites is 1. The lowest BCUT2D eigenvalue weighted by Gasteiger charge is -2.40. The maximum Gasteiger partial charge on any atom is 0.416 e. The van der Waals surface area contributed by atoms with Crippen molar-refractivity contribution in [1.82, 2.24) is 15.2 Å². The number of likely N-dealkylation sites (tertiary alicyclic amines) is 1. The molecule has 3 heterocycles. The minimum Gasteiger partial charge on any atom is -0.482 e. The van der Waals surface area contributed by atoms with Crippen molar-refractivity contribution in [3.63, 3.8) is 0 Å². The zero-order valence-corrected chi connectivity index (χ0v) is 30.8. The van der Waals surface area contributed by atoms with Crippen LogP contribution >= 0.6 is 11.3 Å². The van der Waals surface area contributed by atoms with Gasteiger partial charge in [0.2, 0.25) is 0 Å². The van der Waals surface area contributed by atoms with Gasteiger partial charge in [-0.05, 0) is 109 Å².